The second-order valence-electron chi connectivity index (χ2n) is 7.38. The zero-order chi connectivity index (χ0) is 20.2. The van der Waals surface area contributed by atoms with E-state index in [1.165, 1.54) is 25.3 Å². The SMILES string of the molecule is Nc1ccc(-c2ccc(-c3ccccc3S(=O)NC3CCCCC3)cc2F)cn1. The monoisotopic (exact) mass is 409 g/mol. The third-order valence-corrected chi connectivity index (χ3v) is 6.65. The fourth-order valence-electron chi connectivity index (χ4n) is 3.78. The number of nitrogens with zero attached hydrogens (tertiary/aromatic N) is 1. The number of hydrogen-bond donors (Lipinski definition) is 2. The van der Waals surface area contributed by atoms with Crippen LogP contribution >= 0.6 is 0 Å². The number of rotatable bonds is 5. The first kappa shape index (κ1) is 19.7. The first-order valence-corrected chi connectivity index (χ1v) is 11.1. The Kier molecular flexibility index (Phi) is 6.02. The van der Waals surface area contributed by atoms with E-state index in [4.69, 9.17) is 5.73 Å². The Morgan fingerprint density at radius 1 is 0.966 bits per heavy atom. The second kappa shape index (κ2) is 8.84. The van der Waals surface area contributed by atoms with E-state index in [9.17, 15) is 8.60 Å². The minimum absolute atomic E-state index is 0.273. The smallest absolute Gasteiger partial charge is 0.131 e. The van der Waals surface area contributed by atoms with Crippen molar-refractivity contribution in [2.45, 2.75) is 43.0 Å². The molecule has 0 radical (unpaired) electrons. The molecule has 3 N–H and O–H groups in total. The van der Waals surface area contributed by atoms with Crippen LogP contribution in [0.2, 0.25) is 0 Å². The maximum Gasteiger partial charge on any atom is 0.131 e. The van der Waals surface area contributed by atoms with Crippen molar-refractivity contribution in [1.29, 1.82) is 0 Å². The average Bonchev–Trinajstić information content (AvgIpc) is 2.75. The first-order chi connectivity index (χ1) is 14.1. The van der Waals surface area contributed by atoms with Gasteiger partial charge in [-0.05, 0) is 48.2 Å². The quantitative estimate of drug-likeness (QED) is 0.617. The molecule has 1 aliphatic rings. The molecule has 2 aromatic carbocycles. The van der Waals surface area contributed by atoms with E-state index in [0.29, 0.717) is 27.4 Å². The highest BCUT2D eigenvalue weighted by Crippen LogP contribution is 2.31. The van der Waals surface area contributed by atoms with Gasteiger partial charge in [0.05, 0.1) is 4.90 Å². The van der Waals surface area contributed by atoms with Crippen LogP contribution in [0.4, 0.5) is 10.2 Å². The molecule has 0 spiro atoms. The van der Waals surface area contributed by atoms with E-state index in [1.807, 2.05) is 30.3 Å². The van der Waals surface area contributed by atoms with Crippen LogP contribution in [0.5, 0.6) is 0 Å². The van der Waals surface area contributed by atoms with Crippen LogP contribution in [-0.4, -0.2) is 15.2 Å². The standard InChI is InChI=1S/C23H24FN3OS/c24-21-14-16(10-12-19(21)17-11-13-23(25)26-15-17)20-8-4-5-9-22(20)29(28)27-18-6-2-1-3-7-18/h4-5,8-15,18,27H,1-3,6-7H2,(H2,25,26). The number of nitrogen functional groups attached to an aromatic ring is 1. The molecule has 0 saturated heterocycles. The highest BCUT2D eigenvalue weighted by molar-refractivity contribution is 7.83. The average molecular weight is 410 g/mol. The molecule has 0 aliphatic heterocycles. The van der Waals surface area contributed by atoms with E-state index in [-0.39, 0.29) is 11.9 Å². The van der Waals surface area contributed by atoms with Crippen LogP contribution in [-0.2, 0) is 11.0 Å². The van der Waals surface area contributed by atoms with E-state index in [1.54, 1.807) is 24.4 Å². The molecule has 1 saturated carbocycles. The summed E-state index contributed by atoms with van der Waals surface area (Å²) in [7, 11) is -1.34. The summed E-state index contributed by atoms with van der Waals surface area (Å²) in [5.41, 5.74) is 8.21. The van der Waals surface area contributed by atoms with Crippen LogP contribution in [0.25, 0.3) is 22.3 Å². The predicted molar refractivity (Wildman–Crippen MR) is 116 cm³/mol. The van der Waals surface area contributed by atoms with Crippen molar-refractivity contribution in [2.24, 2.45) is 0 Å². The minimum atomic E-state index is -1.34. The largest absolute Gasteiger partial charge is 0.384 e. The van der Waals surface area contributed by atoms with Gasteiger partial charge in [0.15, 0.2) is 0 Å². The van der Waals surface area contributed by atoms with Gasteiger partial charge in [0, 0.05) is 23.4 Å². The number of hydrogen-bond acceptors (Lipinski definition) is 3. The molecule has 6 heteroatoms. The molecule has 1 heterocycles. The summed E-state index contributed by atoms with van der Waals surface area (Å²) in [6.45, 7) is 0. The summed E-state index contributed by atoms with van der Waals surface area (Å²) >= 11 is 0. The van der Waals surface area contributed by atoms with Crippen LogP contribution in [0.15, 0.2) is 65.7 Å². The molecule has 1 unspecified atom stereocenters. The fourth-order valence-corrected chi connectivity index (χ4v) is 5.04. The van der Waals surface area contributed by atoms with E-state index < -0.39 is 11.0 Å². The first-order valence-electron chi connectivity index (χ1n) is 9.90. The van der Waals surface area contributed by atoms with Crippen LogP contribution < -0.4 is 10.5 Å². The number of anilines is 1. The summed E-state index contributed by atoms with van der Waals surface area (Å²) in [5.74, 6) is 0.0440. The zero-order valence-electron chi connectivity index (χ0n) is 16.1. The lowest BCUT2D eigenvalue weighted by molar-refractivity contribution is 0.419. The minimum Gasteiger partial charge on any atom is -0.384 e. The topological polar surface area (TPSA) is 68.0 Å². The molecule has 1 aromatic heterocycles. The Morgan fingerprint density at radius 2 is 1.72 bits per heavy atom. The van der Waals surface area contributed by atoms with Crippen LogP contribution in [0, 0.1) is 5.82 Å². The Morgan fingerprint density at radius 3 is 2.45 bits per heavy atom. The summed E-state index contributed by atoms with van der Waals surface area (Å²) in [4.78, 5) is 4.71. The van der Waals surface area contributed by atoms with E-state index in [2.05, 4.69) is 9.71 Å². The second-order valence-corrected chi connectivity index (χ2v) is 8.60. The molecule has 29 heavy (non-hydrogen) atoms. The molecule has 4 rings (SSSR count). The van der Waals surface area contributed by atoms with Gasteiger partial charge in [-0.1, -0.05) is 49.6 Å². The molecular weight excluding hydrogens is 385 g/mol. The van der Waals surface area contributed by atoms with Crippen molar-refractivity contribution in [3.8, 4) is 22.3 Å². The van der Waals surface area contributed by atoms with Crippen LogP contribution in [0.3, 0.4) is 0 Å². The maximum absolute atomic E-state index is 14.9. The molecule has 150 valence electrons. The van der Waals surface area contributed by atoms with Gasteiger partial charge >= 0.3 is 0 Å². The molecule has 3 aromatic rings. The highest BCUT2D eigenvalue weighted by atomic mass is 32.2. The van der Waals surface area contributed by atoms with Crippen molar-refractivity contribution in [2.75, 3.05) is 5.73 Å². The fraction of sp³-hybridized carbons (Fsp3) is 0.261. The lowest BCUT2D eigenvalue weighted by atomic mass is 9.96. The van der Waals surface area contributed by atoms with Gasteiger partial charge in [-0.15, -0.1) is 0 Å². The number of halogens is 1. The van der Waals surface area contributed by atoms with Gasteiger partial charge in [-0.2, -0.15) is 0 Å². The van der Waals surface area contributed by atoms with Gasteiger partial charge in [-0.3, -0.25) is 0 Å². The van der Waals surface area contributed by atoms with Gasteiger partial charge < -0.3 is 5.73 Å². The summed E-state index contributed by atoms with van der Waals surface area (Å²) < 4.78 is 31.1. The van der Waals surface area contributed by atoms with Crippen molar-refractivity contribution < 1.29 is 8.60 Å². The Balaban J connectivity index is 1.62. The van der Waals surface area contributed by atoms with Gasteiger partial charge in [0.25, 0.3) is 0 Å². The van der Waals surface area contributed by atoms with Crippen molar-refractivity contribution in [3.05, 3.63) is 66.6 Å². The Labute approximate surface area is 173 Å². The summed E-state index contributed by atoms with van der Waals surface area (Å²) in [5, 5.41) is 0. The van der Waals surface area contributed by atoms with Gasteiger partial charge in [0.1, 0.15) is 22.6 Å². The van der Waals surface area contributed by atoms with Crippen LogP contribution in [0.1, 0.15) is 32.1 Å². The van der Waals surface area contributed by atoms with Gasteiger partial charge in [0.2, 0.25) is 0 Å². The number of pyridine rings is 1. The van der Waals surface area contributed by atoms with Crippen molar-refractivity contribution >= 4 is 16.8 Å². The van der Waals surface area contributed by atoms with Gasteiger partial charge in [-0.25, -0.2) is 18.3 Å². The highest BCUT2D eigenvalue weighted by Gasteiger charge is 2.19. The van der Waals surface area contributed by atoms with E-state index in [0.717, 1.165) is 18.4 Å². The van der Waals surface area contributed by atoms with E-state index >= 15 is 0 Å². The third-order valence-electron chi connectivity index (χ3n) is 5.34. The molecular formula is C23H24FN3OS. The number of nitrogens with two attached hydrogens (primary N) is 1. The lowest BCUT2D eigenvalue weighted by Crippen LogP contribution is -2.32. The molecule has 1 atom stereocenters. The van der Waals surface area contributed by atoms with Crippen molar-refractivity contribution in [3.63, 3.8) is 0 Å². The normalized spacial score (nSPS) is 15.9. The number of benzene rings is 2. The number of nitrogens with one attached hydrogen (secondary N) is 1. The zero-order valence-corrected chi connectivity index (χ0v) is 16.9. The Bertz CT molecular complexity index is 1020. The molecule has 4 nitrogen and oxygen atoms in total. The van der Waals surface area contributed by atoms with Crippen molar-refractivity contribution in [1.82, 2.24) is 9.71 Å². The molecule has 0 bridgehead atoms. The summed E-state index contributed by atoms with van der Waals surface area (Å²) in [6, 6.07) is 16.2. The predicted octanol–water partition coefficient (Wildman–Crippen LogP) is 5.08. The number of aromatic nitrogens is 1. The molecule has 0 amide bonds. The molecule has 1 fully saturated rings. The summed E-state index contributed by atoms with van der Waals surface area (Å²) in [6.07, 6.45) is 7.24. The third kappa shape index (κ3) is 4.54. The lowest BCUT2D eigenvalue weighted by Gasteiger charge is -2.22. The Hall–Kier alpha value is -2.57. The molecule has 1 aliphatic carbocycles. The maximum atomic E-state index is 14.9.